The maximum Gasteiger partial charge on any atom is 0.255 e. The van der Waals surface area contributed by atoms with Crippen molar-refractivity contribution < 1.29 is 22.0 Å². The fraction of sp³-hybridized carbons (Fsp3) is 0.364. The number of hydrogen-bond acceptors (Lipinski definition) is 3. The summed E-state index contributed by atoms with van der Waals surface area (Å²) in [6.07, 6.45) is 1.59. The van der Waals surface area contributed by atoms with E-state index in [1.54, 1.807) is 0 Å². The van der Waals surface area contributed by atoms with Crippen LogP contribution in [0, 0.1) is 11.6 Å². The molecule has 9 heteroatoms. The summed E-state index contributed by atoms with van der Waals surface area (Å²) in [7, 11) is -3.11. The molecule has 2 rings (SSSR count). The van der Waals surface area contributed by atoms with Crippen molar-refractivity contribution in [1.82, 2.24) is 4.90 Å². The number of carbonyl (C=O) groups excluding carboxylic acids is 1. The second-order valence-electron chi connectivity index (χ2n) is 4.56. The van der Waals surface area contributed by atoms with Gasteiger partial charge in [-0.25, -0.2) is 22.3 Å². The quantitative estimate of drug-likeness (QED) is 0.856. The summed E-state index contributed by atoms with van der Waals surface area (Å²) in [6, 6.07) is 0.581. The molecule has 0 aromatic heterocycles. The molecule has 1 aliphatic carbocycles. The van der Waals surface area contributed by atoms with Gasteiger partial charge in [0.2, 0.25) is 10.0 Å². The molecule has 1 amide bonds. The maximum atomic E-state index is 13.5. The molecule has 0 saturated heterocycles. The SMILES string of the molecule is CN(C(=O)c1cc(F)c(F)c(S(N)(=O)=O)c1Cl)C1CC1. The number of amides is 1. The summed E-state index contributed by atoms with van der Waals surface area (Å²) in [5.41, 5.74) is -0.427. The first-order valence-electron chi connectivity index (χ1n) is 5.62. The van der Waals surface area contributed by atoms with Gasteiger partial charge in [0.15, 0.2) is 11.6 Å². The predicted octanol–water partition coefficient (Wildman–Crippen LogP) is 1.50. The Kier molecular flexibility index (Phi) is 3.74. The van der Waals surface area contributed by atoms with E-state index in [4.69, 9.17) is 16.7 Å². The highest BCUT2D eigenvalue weighted by atomic mass is 35.5. The van der Waals surface area contributed by atoms with Crippen molar-refractivity contribution in [3.05, 3.63) is 28.3 Å². The van der Waals surface area contributed by atoms with Crippen LogP contribution in [-0.2, 0) is 10.0 Å². The van der Waals surface area contributed by atoms with Gasteiger partial charge >= 0.3 is 0 Å². The van der Waals surface area contributed by atoms with Crippen LogP contribution >= 0.6 is 11.6 Å². The van der Waals surface area contributed by atoms with E-state index in [0.29, 0.717) is 6.07 Å². The topological polar surface area (TPSA) is 80.5 Å². The van der Waals surface area contributed by atoms with Crippen molar-refractivity contribution in [2.24, 2.45) is 5.14 Å². The lowest BCUT2D eigenvalue weighted by Gasteiger charge is -2.18. The van der Waals surface area contributed by atoms with Gasteiger partial charge in [-0.2, -0.15) is 0 Å². The molecule has 5 nitrogen and oxygen atoms in total. The van der Waals surface area contributed by atoms with Crippen molar-refractivity contribution in [2.45, 2.75) is 23.8 Å². The van der Waals surface area contributed by atoms with Crippen molar-refractivity contribution in [3.8, 4) is 0 Å². The molecular weight excluding hydrogens is 314 g/mol. The molecule has 20 heavy (non-hydrogen) atoms. The molecule has 110 valence electrons. The summed E-state index contributed by atoms with van der Waals surface area (Å²) in [4.78, 5) is 12.2. The summed E-state index contributed by atoms with van der Waals surface area (Å²) >= 11 is 5.72. The minimum Gasteiger partial charge on any atom is -0.339 e. The van der Waals surface area contributed by atoms with E-state index >= 15 is 0 Å². The minimum atomic E-state index is -4.59. The predicted molar refractivity (Wildman–Crippen MR) is 67.9 cm³/mol. The van der Waals surface area contributed by atoms with Gasteiger partial charge in [0.05, 0.1) is 10.6 Å². The van der Waals surface area contributed by atoms with Crippen molar-refractivity contribution in [1.29, 1.82) is 0 Å². The minimum absolute atomic E-state index is 0.00427. The number of rotatable bonds is 3. The van der Waals surface area contributed by atoms with Crippen molar-refractivity contribution >= 4 is 27.5 Å². The highest BCUT2D eigenvalue weighted by Crippen LogP contribution is 2.32. The van der Waals surface area contributed by atoms with Crippen LogP contribution in [0.1, 0.15) is 23.2 Å². The third-order valence-corrected chi connectivity index (χ3v) is 4.50. The molecule has 2 N–H and O–H groups in total. The second kappa shape index (κ2) is 4.94. The molecule has 1 aromatic rings. The lowest BCUT2D eigenvalue weighted by molar-refractivity contribution is 0.0784. The second-order valence-corrected chi connectivity index (χ2v) is 6.43. The van der Waals surface area contributed by atoms with Crippen LogP contribution in [0.3, 0.4) is 0 Å². The number of nitrogens with zero attached hydrogens (tertiary/aromatic N) is 1. The normalized spacial score (nSPS) is 15.2. The lowest BCUT2D eigenvalue weighted by atomic mass is 10.2. The van der Waals surface area contributed by atoms with Gasteiger partial charge < -0.3 is 4.90 Å². The average molecular weight is 325 g/mol. The molecule has 1 aliphatic rings. The largest absolute Gasteiger partial charge is 0.339 e. The van der Waals surface area contributed by atoms with Gasteiger partial charge in [0.25, 0.3) is 5.91 Å². The van der Waals surface area contributed by atoms with E-state index in [2.05, 4.69) is 0 Å². The van der Waals surface area contributed by atoms with Crippen molar-refractivity contribution in [2.75, 3.05) is 7.05 Å². The molecule has 0 unspecified atom stereocenters. The average Bonchev–Trinajstić information content (AvgIpc) is 3.14. The smallest absolute Gasteiger partial charge is 0.255 e. The van der Waals surface area contributed by atoms with Crippen LogP contribution in [0.5, 0.6) is 0 Å². The summed E-state index contributed by atoms with van der Waals surface area (Å²) < 4.78 is 49.6. The Morgan fingerprint density at radius 3 is 2.45 bits per heavy atom. The molecule has 0 aliphatic heterocycles. The van der Waals surface area contributed by atoms with Crippen LogP contribution in [0.2, 0.25) is 5.02 Å². The zero-order valence-corrected chi connectivity index (χ0v) is 11.9. The van der Waals surface area contributed by atoms with Crippen LogP contribution < -0.4 is 5.14 Å². The van der Waals surface area contributed by atoms with Crippen LogP contribution in [-0.4, -0.2) is 32.3 Å². The number of hydrogen-bond donors (Lipinski definition) is 1. The lowest BCUT2D eigenvalue weighted by Crippen LogP contribution is -2.30. The van der Waals surface area contributed by atoms with Gasteiger partial charge in [0, 0.05) is 13.1 Å². The van der Waals surface area contributed by atoms with Gasteiger partial charge in [-0.15, -0.1) is 0 Å². The van der Waals surface area contributed by atoms with E-state index < -0.39 is 43.0 Å². The molecule has 1 fully saturated rings. The molecule has 0 heterocycles. The Bertz CT molecular complexity index is 689. The molecule has 0 radical (unpaired) electrons. The standard InChI is InChI=1S/C11H11ClF2N2O3S/c1-16(5-2-3-5)11(17)6-4-7(13)9(14)10(8(6)12)20(15,18)19/h4-5H,2-3H2,1H3,(H2,15,18,19). The van der Waals surface area contributed by atoms with E-state index in [1.807, 2.05) is 0 Å². The Labute approximate surface area is 119 Å². The summed E-state index contributed by atoms with van der Waals surface area (Å²) in [5, 5.41) is 4.10. The highest BCUT2D eigenvalue weighted by Gasteiger charge is 2.34. The Morgan fingerprint density at radius 2 is 2.00 bits per heavy atom. The first kappa shape index (κ1) is 15.1. The molecular formula is C11H11ClF2N2O3S. The fourth-order valence-corrected chi connectivity index (χ4v) is 3.05. The number of halogens is 3. The zero-order chi connectivity index (χ0) is 15.2. The summed E-state index contributed by atoms with van der Waals surface area (Å²) in [6.45, 7) is 0. The molecule has 0 atom stereocenters. The Balaban J connectivity index is 2.60. The first-order valence-corrected chi connectivity index (χ1v) is 7.54. The van der Waals surface area contributed by atoms with Gasteiger partial charge in [-0.1, -0.05) is 11.6 Å². The van der Waals surface area contributed by atoms with Crippen molar-refractivity contribution in [3.63, 3.8) is 0 Å². The molecule has 0 bridgehead atoms. The van der Waals surface area contributed by atoms with Crippen LogP contribution in [0.25, 0.3) is 0 Å². The van der Waals surface area contributed by atoms with Crippen LogP contribution in [0.15, 0.2) is 11.0 Å². The summed E-state index contributed by atoms with van der Waals surface area (Å²) in [5.74, 6) is -3.87. The molecule has 1 aromatic carbocycles. The molecule has 0 spiro atoms. The van der Waals surface area contributed by atoms with E-state index in [9.17, 15) is 22.0 Å². The zero-order valence-electron chi connectivity index (χ0n) is 10.4. The first-order chi connectivity index (χ1) is 9.14. The Hall–Kier alpha value is -1.25. The number of nitrogens with two attached hydrogens (primary N) is 1. The number of carbonyl (C=O) groups is 1. The third-order valence-electron chi connectivity index (χ3n) is 3.05. The Morgan fingerprint density at radius 1 is 1.45 bits per heavy atom. The van der Waals surface area contributed by atoms with E-state index in [0.717, 1.165) is 12.8 Å². The number of sulfonamides is 1. The maximum absolute atomic E-state index is 13.5. The van der Waals surface area contributed by atoms with Gasteiger partial charge in [-0.05, 0) is 18.9 Å². The van der Waals surface area contributed by atoms with E-state index in [1.165, 1.54) is 11.9 Å². The number of benzene rings is 1. The molecule has 1 saturated carbocycles. The fourth-order valence-electron chi connectivity index (χ4n) is 1.80. The number of primary sulfonamides is 1. The van der Waals surface area contributed by atoms with Gasteiger partial charge in [-0.3, -0.25) is 4.79 Å². The van der Waals surface area contributed by atoms with E-state index in [-0.39, 0.29) is 6.04 Å². The highest BCUT2D eigenvalue weighted by molar-refractivity contribution is 7.89. The third kappa shape index (κ3) is 2.63. The van der Waals surface area contributed by atoms with Gasteiger partial charge in [0.1, 0.15) is 4.90 Å². The monoisotopic (exact) mass is 324 g/mol. The van der Waals surface area contributed by atoms with Crippen LogP contribution in [0.4, 0.5) is 8.78 Å².